The summed E-state index contributed by atoms with van der Waals surface area (Å²) in [5, 5.41) is 11.4. The Labute approximate surface area is 170 Å². The smallest absolute Gasteiger partial charge is 0.862 e. The van der Waals surface area contributed by atoms with E-state index in [9.17, 15) is 13.5 Å². The van der Waals surface area contributed by atoms with Crippen molar-refractivity contribution in [3.05, 3.63) is 0 Å². The molecule has 0 bridgehead atoms. The molecule has 0 unspecified atom stereocenters. The van der Waals surface area contributed by atoms with Crippen LogP contribution in [0, 0.1) is 0 Å². The molecule has 24 heavy (non-hydrogen) atoms. The Morgan fingerprint density at radius 2 is 1.29 bits per heavy atom. The molecule has 0 heterocycles. The molecule has 7 heteroatoms. The van der Waals surface area contributed by atoms with Crippen molar-refractivity contribution in [3.8, 4) is 0 Å². The molecule has 138 valence electrons. The molecule has 0 aliphatic carbocycles. The minimum Gasteiger partial charge on any atom is -0.862 e. The first kappa shape index (κ1) is 26.6. The average Bonchev–Trinajstić information content (AvgIpc) is 2.47. The second kappa shape index (κ2) is 18.2. The van der Waals surface area contributed by atoms with E-state index < -0.39 is 15.9 Å². The second-order valence-corrected chi connectivity index (χ2v) is 7.77. The molecule has 0 saturated carbocycles. The van der Waals surface area contributed by atoms with E-state index in [4.69, 9.17) is 4.55 Å². The fourth-order valence-electron chi connectivity index (χ4n) is 2.48. The molecule has 0 aromatic rings. The fourth-order valence-corrected chi connectivity index (χ4v) is 2.80. The third-order valence-electron chi connectivity index (χ3n) is 3.88. The number of hydrogen-bond donors (Lipinski definition) is 1. The summed E-state index contributed by atoms with van der Waals surface area (Å²) in [6.07, 6.45) is 15.3. The molecule has 0 fully saturated rings. The van der Waals surface area contributed by atoms with E-state index in [0.717, 1.165) is 19.3 Å². The zero-order valence-corrected chi connectivity index (χ0v) is 18.5. The molecule has 0 radical (unpaired) electrons. The van der Waals surface area contributed by atoms with Gasteiger partial charge in [-0.2, -0.15) is 8.42 Å². The third-order valence-corrected chi connectivity index (χ3v) is 4.58. The largest absolute Gasteiger partial charge is 1.00 e. The van der Waals surface area contributed by atoms with Gasteiger partial charge in [0.15, 0.2) is 0 Å². The van der Waals surface area contributed by atoms with Crippen molar-refractivity contribution in [2.75, 3.05) is 12.3 Å². The van der Waals surface area contributed by atoms with Crippen molar-refractivity contribution in [1.29, 1.82) is 0 Å². The first-order valence-corrected chi connectivity index (χ1v) is 10.7. The van der Waals surface area contributed by atoms with Crippen LogP contribution in [0.25, 0.3) is 0 Å². The molecule has 0 spiro atoms. The fraction of sp³-hybridized carbons (Fsp3) is 0.941. The Hall–Kier alpha value is 0.380. The van der Waals surface area contributed by atoms with Gasteiger partial charge in [-0.15, -0.1) is 0 Å². The van der Waals surface area contributed by atoms with Gasteiger partial charge < -0.3 is 10.1 Å². The molecule has 1 N–H and O–H groups in total. The summed E-state index contributed by atoms with van der Waals surface area (Å²) in [4.78, 5) is 3.62. The number of hydrogen-bond acceptors (Lipinski definition) is 4. The van der Waals surface area contributed by atoms with Gasteiger partial charge in [-0.3, -0.25) is 4.55 Å². The zero-order chi connectivity index (χ0) is 17.4. The molecule has 0 atom stereocenters. The molecule has 0 amide bonds. The summed E-state index contributed by atoms with van der Waals surface area (Å²) in [5.41, 5.74) is 0. The molecule has 0 saturated heterocycles. The van der Waals surface area contributed by atoms with Gasteiger partial charge in [-0.05, 0) is 18.7 Å². The van der Waals surface area contributed by atoms with Gasteiger partial charge in [0.1, 0.15) is 0 Å². The van der Waals surface area contributed by atoms with Crippen molar-refractivity contribution in [1.82, 2.24) is 0 Å². The summed E-state index contributed by atoms with van der Waals surface area (Å²) in [6, 6.07) is 0. The molecular weight excluding hydrogens is 337 g/mol. The number of aliphatic imine (C=N–C) groups is 1. The van der Waals surface area contributed by atoms with E-state index in [0.29, 0.717) is 6.42 Å². The minimum atomic E-state index is -4.01. The monoisotopic (exact) mass is 371 g/mol. The maximum atomic E-state index is 11.4. The van der Waals surface area contributed by atoms with E-state index >= 15 is 0 Å². The van der Waals surface area contributed by atoms with Gasteiger partial charge in [-0.25, -0.2) is 0 Å². The van der Waals surface area contributed by atoms with Gasteiger partial charge in [0.05, 0.1) is 12.3 Å². The summed E-state index contributed by atoms with van der Waals surface area (Å²) in [5.74, 6) is -0.738. The number of nitrogens with zero attached hydrogens (tertiary/aromatic N) is 1. The van der Waals surface area contributed by atoms with E-state index in [2.05, 4.69) is 11.9 Å². The molecular formula is C17H34NNaO4S. The van der Waals surface area contributed by atoms with Crippen molar-refractivity contribution in [2.45, 2.75) is 90.4 Å². The van der Waals surface area contributed by atoms with Crippen LogP contribution in [-0.2, 0) is 10.1 Å². The molecule has 0 aromatic heterocycles. The first-order chi connectivity index (χ1) is 11.0. The third kappa shape index (κ3) is 22.4. The van der Waals surface area contributed by atoms with Gasteiger partial charge >= 0.3 is 29.6 Å². The Morgan fingerprint density at radius 3 is 1.71 bits per heavy atom. The Balaban J connectivity index is 0. The summed E-state index contributed by atoms with van der Waals surface area (Å²) < 4.78 is 29.5. The van der Waals surface area contributed by atoms with Gasteiger partial charge in [0.2, 0.25) is 0 Å². The SMILES string of the molecule is CCCCCCCCCCCCCCC([O-])=NCCS(=O)(=O)O.[Na+]. The van der Waals surface area contributed by atoms with E-state index in [1.54, 1.807) is 0 Å². The predicted molar refractivity (Wildman–Crippen MR) is 94.4 cm³/mol. The second-order valence-electron chi connectivity index (χ2n) is 6.20. The topological polar surface area (TPSA) is 89.8 Å². The Bertz CT molecular complexity index is 399. The van der Waals surface area contributed by atoms with Crippen LogP contribution in [0.2, 0.25) is 0 Å². The van der Waals surface area contributed by atoms with E-state index in [-0.39, 0.29) is 42.0 Å². The maximum absolute atomic E-state index is 11.4. The van der Waals surface area contributed by atoms with Gasteiger partial charge in [0.25, 0.3) is 10.1 Å². The Morgan fingerprint density at radius 1 is 0.875 bits per heavy atom. The summed E-state index contributed by atoms with van der Waals surface area (Å²) >= 11 is 0. The van der Waals surface area contributed by atoms with Crippen LogP contribution in [0.5, 0.6) is 0 Å². The van der Waals surface area contributed by atoms with Crippen LogP contribution >= 0.6 is 0 Å². The molecule has 0 rings (SSSR count). The summed E-state index contributed by atoms with van der Waals surface area (Å²) in [6.45, 7) is 2.09. The number of rotatable bonds is 16. The van der Waals surface area contributed by atoms with Crippen LogP contribution in [-0.4, -0.2) is 31.2 Å². The van der Waals surface area contributed by atoms with Crippen LogP contribution < -0.4 is 34.7 Å². The normalized spacial score (nSPS) is 12.2. The average molecular weight is 372 g/mol. The molecule has 0 aliphatic rings. The predicted octanol–water partition coefficient (Wildman–Crippen LogP) is 0.728. The minimum absolute atomic E-state index is 0. The molecule has 0 aliphatic heterocycles. The Kier molecular flexibility index (Phi) is 20.2. The van der Waals surface area contributed by atoms with E-state index in [1.165, 1.54) is 57.8 Å². The first-order valence-electron chi connectivity index (χ1n) is 9.11. The molecule has 5 nitrogen and oxygen atoms in total. The van der Waals surface area contributed by atoms with Crippen LogP contribution in [0.1, 0.15) is 90.4 Å². The quantitative estimate of drug-likeness (QED) is 0.142. The standard InChI is InChI=1S/C17H35NO4S.Na/c1-2-3-4-5-6-7-8-9-10-11-12-13-14-17(19)18-15-16-23(20,21)22;/h2-16H2,1H3,(H,18,19)(H,20,21,22);/q;+1/p-1. The zero-order valence-electron chi connectivity index (χ0n) is 15.6. The van der Waals surface area contributed by atoms with Crippen molar-refractivity contribution in [3.63, 3.8) is 0 Å². The van der Waals surface area contributed by atoms with Gasteiger partial charge in [-0.1, -0.05) is 77.6 Å². The summed E-state index contributed by atoms with van der Waals surface area (Å²) in [7, 11) is -4.01. The van der Waals surface area contributed by atoms with Gasteiger partial charge in [0, 0.05) is 0 Å². The molecule has 0 aromatic carbocycles. The van der Waals surface area contributed by atoms with Crippen molar-refractivity contribution >= 4 is 16.0 Å². The van der Waals surface area contributed by atoms with Crippen LogP contribution in [0.15, 0.2) is 4.99 Å². The van der Waals surface area contributed by atoms with E-state index in [1.807, 2.05) is 0 Å². The van der Waals surface area contributed by atoms with Crippen LogP contribution in [0.3, 0.4) is 0 Å². The van der Waals surface area contributed by atoms with Crippen molar-refractivity contribution in [2.24, 2.45) is 4.99 Å². The van der Waals surface area contributed by atoms with Crippen LogP contribution in [0.4, 0.5) is 0 Å². The number of unbranched alkanes of at least 4 members (excludes halogenated alkanes) is 11. The van der Waals surface area contributed by atoms with Crippen molar-refractivity contribution < 1.29 is 47.6 Å². The maximum Gasteiger partial charge on any atom is 1.00 e.